The van der Waals surface area contributed by atoms with Gasteiger partial charge in [0.15, 0.2) is 0 Å². The van der Waals surface area contributed by atoms with E-state index < -0.39 is 0 Å². The van der Waals surface area contributed by atoms with Crippen molar-refractivity contribution in [2.45, 2.75) is 52.4 Å². The lowest BCUT2D eigenvalue weighted by Crippen LogP contribution is -2.24. The number of pyridine rings is 1. The summed E-state index contributed by atoms with van der Waals surface area (Å²) >= 11 is 0. The molecule has 0 spiro atoms. The molecule has 1 aliphatic rings. The summed E-state index contributed by atoms with van der Waals surface area (Å²) in [7, 11) is 0. The molecule has 0 aliphatic carbocycles. The van der Waals surface area contributed by atoms with Crippen molar-refractivity contribution in [1.29, 1.82) is 0 Å². The van der Waals surface area contributed by atoms with Crippen molar-refractivity contribution < 1.29 is 4.74 Å². The number of hydrogen-bond donors (Lipinski definition) is 0. The number of benzene rings is 9. The van der Waals surface area contributed by atoms with E-state index in [0.717, 1.165) is 78.4 Å². The van der Waals surface area contributed by atoms with E-state index in [4.69, 9.17) is 9.72 Å². The zero-order chi connectivity index (χ0) is 49.8. The van der Waals surface area contributed by atoms with Crippen LogP contribution in [0.1, 0.15) is 52.7 Å². The van der Waals surface area contributed by atoms with E-state index >= 15 is 0 Å². The Hall–Kier alpha value is -8.67. The Labute approximate surface area is 429 Å². The third-order valence-electron chi connectivity index (χ3n) is 14.4. The van der Waals surface area contributed by atoms with E-state index in [-0.39, 0.29) is 10.8 Å². The number of anilines is 4. The predicted molar refractivity (Wildman–Crippen MR) is 306 cm³/mol. The Morgan fingerprint density at radius 3 is 1.62 bits per heavy atom. The molecule has 356 valence electrons. The Kier molecular flexibility index (Phi) is 11.3. The maximum Gasteiger partial charge on any atom is 0.137 e. The van der Waals surface area contributed by atoms with Crippen LogP contribution in [0, 0.1) is 0 Å². The van der Waals surface area contributed by atoms with Crippen molar-refractivity contribution in [3.05, 3.63) is 242 Å². The van der Waals surface area contributed by atoms with Gasteiger partial charge in [0.05, 0.1) is 28.1 Å². The fourth-order valence-electron chi connectivity index (χ4n) is 10.8. The van der Waals surface area contributed by atoms with Gasteiger partial charge in [0, 0.05) is 51.5 Å². The number of nitrogens with zero attached hydrogens (tertiary/aromatic N) is 4. The van der Waals surface area contributed by atoms with Crippen molar-refractivity contribution >= 4 is 44.6 Å². The zero-order valence-electron chi connectivity index (χ0n) is 42.3. The van der Waals surface area contributed by atoms with E-state index in [0.29, 0.717) is 6.67 Å². The maximum atomic E-state index is 7.15. The highest BCUT2D eigenvalue weighted by Crippen LogP contribution is 2.51. The molecule has 0 saturated heterocycles. The molecular weight excluding hydrogens is 889 g/mol. The molecule has 0 N–H and O–H groups in total. The standard InChI is InChI=1S/C68H58N4O/c1-67(2,3)50-38-36-49(37-39-50)57-41-53(42-63-65(57)56-30-16-17-33-60(56)72(63)64-43-59(68(4,5)6)58(44-69-64)48-26-14-9-15-27-48)73-52-29-20-28-51(40-52)70-45-71(62-35-19-18-34-61(62)70)66-54(46-22-10-7-11-23-46)31-21-32-55(66)47-24-12-8-13-25-47/h7-44H,45H2,1-6H3. The lowest BCUT2D eigenvalue weighted by molar-refractivity contribution is 0.483. The zero-order valence-corrected chi connectivity index (χ0v) is 42.3. The number of aromatic nitrogens is 2. The molecule has 0 amide bonds. The van der Waals surface area contributed by atoms with E-state index in [2.05, 4.69) is 287 Å². The minimum atomic E-state index is -0.150. The second kappa shape index (κ2) is 18.2. The lowest BCUT2D eigenvalue weighted by atomic mass is 9.82. The summed E-state index contributed by atoms with van der Waals surface area (Å²) in [6.07, 6.45) is 2.06. The van der Waals surface area contributed by atoms with Gasteiger partial charge in [-0.3, -0.25) is 4.57 Å². The van der Waals surface area contributed by atoms with Gasteiger partial charge in [-0.15, -0.1) is 0 Å². The minimum Gasteiger partial charge on any atom is -0.457 e. The Morgan fingerprint density at radius 2 is 0.986 bits per heavy atom. The lowest BCUT2D eigenvalue weighted by Gasteiger charge is -2.27. The SMILES string of the molecule is CC(C)(C)c1ccc(-c2cc(Oc3cccc(N4CN(c5c(-c6ccccc6)cccc5-c5ccccc5)c5ccccc54)c3)cc3c2c2ccccc2n3-c2cc(C(C)(C)C)c(-c3ccccc3)cn2)cc1. The highest BCUT2D eigenvalue weighted by molar-refractivity contribution is 6.16. The quantitative estimate of drug-likeness (QED) is 0.144. The average Bonchev–Trinajstić information content (AvgIpc) is 3.97. The van der Waals surface area contributed by atoms with Crippen LogP contribution >= 0.6 is 0 Å². The van der Waals surface area contributed by atoms with Crippen LogP contribution in [0.5, 0.6) is 11.5 Å². The first-order valence-electron chi connectivity index (χ1n) is 25.4. The molecule has 73 heavy (non-hydrogen) atoms. The summed E-state index contributed by atoms with van der Waals surface area (Å²) in [5.74, 6) is 2.36. The summed E-state index contributed by atoms with van der Waals surface area (Å²) in [4.78, 5) is 10.2. The molecule has 0 radical (unpaired) electrons. The number of rotatable bonds is 9. The molecule has 11 aromatic rings. The van der Waals surface area contributed by atoms with Gasteiger partial charge in [-0.2, -0.15) is 0 Å². The minimum absolute atomic E-state index is 0.0184. The normalized spacial score (nSPS) is 12.7. The molecule has 0 bridgehead atoms. The van der Waals surface area contributed by atoms with Crippen LogP contribution in [0.15, 0.2) is 231 Å². The van der Waals surface area contributed by atoms with Gasteiger partial charge < -0.3 is 14.5 Å². The van der Waals surface area contributed by atoms with Gasteiger partial charge in [-0.25, -0.2) is 4.98 Å². The number of fused-ring (bicyclic) bond motifs is 4. The Morgan fingerprint density at radius 1 is 0.425 bits per heavy atom. The van der Waals surface area contributed by atoms with Gasteiger partial charge in [0.25, 0.3) is 0 Å². The molecule has 0 atom stereocenters. The molecule has 5 nitrogen and oxygen atoms in total. The second-order valence-electron chi connectivity index (χ2n) is 21.3. The Balaban J connectivity index is 0.991. The molecule has 3 heterocycles. The highest BCUT2D eigenvalue weighted by atomic mass is 16.5. The summed E-state index contributed by atoms with van der Waals surface area (Å²) in [6.45, 7) is 14.3. The first-order chi connectivity index (χ1) is 35.5. The van der Waals surface area contributed by atoms with Crippen molar-refractivity contribution in [2.24, 2.45) is 0 Å². The molecule has 9 aromatic carbocycles. The third-order valence-corrected chi connectivity index (χ3v) is 14.4. The summed E-state index contributed by atoms with van der Waals surface area (Å²) < 4.78 is 9.48. The molecular formula is C68H58N4O. The molecule has 1 aliphatic heterocycles. The van der Waals surface area contributed by atoms with Crippen LogP contribution in [0.2, 0.25) is 0 Å². The highest BCUT2D eigenvalue weighted by Gasteiger charge is 2.32. The van der Waals surface area contributed by atoms with E-state index in [9.17, 15) is 0 Å². The third kappa shape index (κ3) is 8.41. The molecule has 5 heteroatoms. The van der Waals surface area contributed by atoms with Gasteiger partial charge in [-0.1, -0.05) is 211 Å². The first-order valence-corrected chi connectivity index (χ1v) is 25.4. The number of ether oxygens (including phenoxy) is 1. The first kappa shape index (κ1) is 45.5. The van der Waals surface area contributed by atoms with Crippen molar-refractivity contribution in [3.63, 3.8) is 0 Å². The molecule has 0 fully saturated rings. The smallest absolute Gasteiger partial charge is 0.137 e. The van der Waals surface area contributed by atoms with Crippen LogP contribution in [0.25, 0.3) is 72.1 Å². The van der Waals surface area contributed by atoms with Crippen LogP contribution in [0.4, 0.5) is 22.7 Å². The fraction of sp³-hybridized carbons (Fsp3) is 0.132. The van der Waals surface area contributed by atoms with E-state index in [1.54, 1.807) is 0 Å². The number of hydrogen-bond acceptors (Lipinski definition) is 4. The van der Waals surface area contributed by atoms with Gasteiger partial charge in [0.1, 0.15) is 24.0 Å². The summed E-state index contributed by atoms with van der Waals surface area (Å²) in [5.41, 5.74) is 18.3. The molecule has 12 rings (SSSR count). The van der Waals surface area contributed by atoms with Gasteiger partial charge in [-0.05, 0) is 92.2 Å². The van der Waals surface area contributed by atoms with Crippen molar-refractivity contribution in [2.75, 3.05) is 16.5 Å². The maximum absolute atomic E-state index is 7.15. The van der Waals surface area contributed by atoms with Crippen LogP contribution in [-0.2, 0) is 10.8 Å². The molecule has 0 saturated carbocycles. The monoisotopic (exact) mass is 946 g/mol. The predicted octanol–water partition coefficient (Wildman–Crippen LogP) is 18.5. The van der Waals surface area contributed by atoms with Crippen LogP contribution in [0.3, 0.4) is 0 Å². The van der Waals surface area contributed by atoms with Crippen LogP contribution < -0.4 is 14.5 Å². The largest absolute Gasteiger partial charge is 0.457 e. The average molecular weight is 947 g/mol. The Bertz CT molecular complexity index is 3750. The summed E-state index contributed by atoms with van der Waals surface area (Å²) in [5, 5.41) is 2.32. The fourth-order valence-corrected chi connectivity index (χ4v) is 10.8. The topological polar surface area (TPSA) is 33.5 Å². The second-order valence-corrected chi connectivity index (χ2v) is 21.3. The van der Waals surface area contributed by atoms with Gasteiger partial charge >= 0.3 is 0 Å². The van der Waals surface area contributed by atoms with Crippen LogP contribution in [-0.4, -0.2) is 16.2 Å². The van der Waals surface area contributed by atoms with Crippen molar-refractivity contribution in [3.8, 4) is 61.8 Å². The van der Waals surface area contributed by atoms with E-state index in [1.165, 1.54) is 39.1 Å². The molecule has 2 aromatic heterocycles. The summed E-state index contributed by atoms with van der Waals surface area (Å²) in [6, 6.07) is 80.6. The van der Waals surface area contributed by atoms with Gasteiger partial charge in [0.2, 0.25) is 0 Å². The molecule has 0 unspecified atom stereocenters. The van der Waals surface area contributed by atoms with E-state index in [1.807, 2.05) is 0 Å². The number of para-hydroxylation sites is 4. The van der Waals surface area contributed by atoms with Crippen molar-refractivity contribution in [1.82, 2.24) is 9.55 Å².